The molecule has 1 N–H and O–H groups in total. The number of fused-ring (bicyclic) bond motifs is 1. The molecule has 0 fully saturated rings. The Morgan fingerprint density at radius 2 is 1.96 bits per heavy atom. The van der Waals surface area contributed by atoms with E-state index in [1.54, 1.807) is 6.20 Å². The van der Waals surface area contributed by atoms with Gasteiger partial charge in [-0.1, -0.05) is 30.3 Å². The van der Waals surface area contributed by atoms with Gasteiger partial charge < -0.3 is 10.1 Å². The van der Waals surface area contributed by atoms with Crippen LogP contribution >= 0.6 is 0 Å². The van der Waals surface area contributed by atoms with E-state index in [-0.39, 0.29) is 24.5 Å². The number of nitrogens with zero attached hydrogens (tertiary/aromatic N) is 2. The number of ketones is 1. The molecular weight excluding hydrogens is 314 g/mol. The SMILES string of the molecule is CC(=O)CCC(=O)Nc1cncc2c1CCN(Cc1ccccc1)C2. The van der Waals surface area contributed by atoms with Crippen molar-refractivity contribution in [3.05, 3.63) is 59.4 Å². The van der Waals surface area contributed by atoms with Crippen LogP contribution in [-0.2, 0) is 29.1 Å². The fourth-order valence-electron chi connectivity index (χ4n) is 3.14. The molecule has 1 aromatic heterocycles. The fraction of sp³-hybridized carbons (Fsp3) is 0.350. The van der Waals surface area contributed by atoms with Crippen LogP contribution in [0.25, 0.3) is 0 Å². The monoisotopic (exact) mass is 337 g/mol. The molecule has 1 amide bonds. The van der Waals surface area contributed by atoms with Crippen LogP contribution in [-0.4, -0.2) is 28.1 Å². The van der Waals surface area contributed by atoms with Gasteiger partial charge in [-0.3, -0.25) is 14.7 Å². The standard InChI is InChI=1S/C20H23N3O2/c1-15(24)7-8-20(25)22-19-12-21-11-17-14-23(10-9-18(17)19)13-16-5-3-2-4-6-16/h2-6,11-12H,7-10,13-14H2,1H3,(H,22,25). The van der Waals surface area contributed by atoms with Crippen molar-refractivity contribution in [1.82, 2.24) is 9.88 Å². The first-order valence-corrected chi connectivity index (χ1v) is 8.63. The smallest absolute Gasteiger partial charge is 0.224 e. The number of Topliss-reactive ketones (excluding diaryl/α,β-unsaturated/α-hetero) is 1. The second-order valence-corrected chi connectivity index (χ2v) is 6.52. The normalized spacial score (nSPS) is 14.0. The number of pyridine rings is 1. The minimum Gasteiger partial charge on any atom is -0.324 e. The Kier molecular flexibility index (Phi) is 5.56. The molecule has 2 aromatic rings. The fourth-order valence-corrected chi connectivity index (χ4v) is 3.14. The summed E-state index contributed by atoms with van der Waals surface area (Å²) in [4.78, 5) is 29.7. The molecule has 1 aromatic carbocycles. The van der Waals surface area contributed by atoms with Crippen molar-refractivity contribution in [3.8, 4) is 0 Å². The summed E-state index contributed by atoms with van der Waals surface area (Å²) in [5.41, 5.74) is 4.40. The molecule has 0 atom stereocenters. The summed E-state index contributed by atoms with van der Waals surface area (Å²) in [6.07, 6.45) is 4.97. The van der Waals surface area contributed by atoms with Gasteiger partial charge in [-0.15, -0.1) is 0 Å². The lowest BCUT2D eigenvalue weighted by atomic mass is 9.99. The van der Waals surface area contributed by atoms with Crippen LogP contribution in [0.4, 0.5) is 5.69 Å². The van der Waals surface area contributed by atoms with Crippen molar-refractivity contribution in [2.45, 2.75) is 39.3 Å². The number of anilines is 1. The molecule has 5 nitrogen and oxygen atoms in total. The largest absolute Gasteiger partial charge is 0.324 e. The van der Waals surface area contributed by atoms with Gasteiger partial charge in [0, 0.05) is 38.7 Å². The Morgan fingerprint density at radius 1 is 1.16 bits per heavy atom. The molecule has 0 spiro atoms. The van der Waals surface area contributed by atoms with Gasteiger partial charge in [0.25, 0.3) is 0 Å². The van der Waals surface area contributed by atoms with Gasteiger partial charge in [-0.2, -0.15) is 0 Å². The van der Waals surface area contributed by atoms with Gasteiger partial charge in [0.2, 0.25) is 5.91 Å². The highest BCUT2D eigenvalue weighted by atomic mass is 16.2. The minimum absolute atomic E-state index is 0.0277. The van der Waals surface area contributed by atoms with Crippen molar-refractivity contribution in [2.75, 3.05) is 11.9 Å². The number of aromatic nitrogens is 1. The molecular formula is C20H23N3O2. The number of benzene rings is 1. The van der Waals surface area contributed by atoms with Crippen molar-refractivity contribution in [3.63, 3.8) is 0 Å². The Morgan fingerprint density at radius 3 is 2.72 bits per heavy atom. The maximum atomic E-state index is 12.0. The Bertz CT molecular complexity index is 759. The van der Waals surface area contributed by atoms with E-state index in [4.69, 9.17) is 0 Å². The second-order valence-electron chi connectivity index (χ2n) is 6.52. The lowest BCUT2D eigenvalue weighted by Crippen LogP contribution is -2.31. The average Bonchev–Trinajstić information content (AvgIpc) is 2.61. The van der Waals surface area contributed by atoms with E-state index >= 15 is 0 Å². The van der Waals surface area contributed by atoms with Crippen LogP contribution in [0.1, 0.15) is 36.5 Å². The molecule has 0 unspecified atom stereocenters. The second kappa shape index (κ2) is 8.03. The Hall–Kier alpha value is -2.53. The van der Waals surface area contributed by atoms with Gasteiger partial charge in [0.1, 0.15) is 5.78 Å². The Balaban J connectivity index is 1.66. The number of hydrogen-bond acceptors (Lipinski definition) is 4. The van der Waals surface area contributed by atoms with Crippen LogP contribution < -0.4 is 5.32 Å². The summed E-state index contributed by atoms with van der Waals surface area (Å²) in [6.45, 7) is 4.19. The summed E-state index contributed by atoms with van der Waals surface area (Å²) >= 11 is 0. The lowest BCUT2D eigenvalue weighted by molar-refractivity contribution is -0.121. The number of carbonyl (C=O) groups excluding carboxylic acids is 2. The highest BCUT2D eigenvalue weighted by Crippen LogP contribution is 2.26. The maximum absolute atomic E-state index is 12.0. The first-order chi connectivity index (χ1) is 12.1. The third-order valence-corrected chi connectivity index (χ3v) is 4.45. The minimum atomic E-state index is -0.128. The summed E-state index contributed by atoms with van der Waals surface area (Å²) < 4.78 is 0. The number of carbonyl (C=O) groups is 2. The number of amides is 1. The first-order valence-electron chi connectivity index (χ1n) is 8.63. The molecule has 1 aliphatic heterocycles. The quantitative estimate of drug-likeness (QED) is 0.880. The van der Waals surface area contributed by atoms with Crippen LogP contribution in [0, 0.1) is 0 Å². The number of hydrogen-bond donors (Lipinski definition) is 1. The highest BCUT2D eigenvalue weighted by molar-refractivity contribution is 5.93. The maximum Gasteiger partial charge on any atom is 0.224 e. The van der Waals surface area contributed by atoms with E-state index < -0.39 is 0 Å². The predicted octanol–water partition coefficient (Wildman–Crippen LogP) is 2.95. The third kappa shape index (κ3) is 4.73. The van der Waals surface area contributed by atoms with E-state index in [1.807, 2.05) is 12.3 Å². The van der Waals surface area contributed by atoms with Gasteiger partial charge in [-0.25, -0.2) is 0 Å². The molecule has 5 heteroatoms. The summed E-state index contributed by atoms with van der Waals surface area (Å²) in [7, 11) is 0. The molecule has 130 valence electrons. The van der Waals surface area contributed by atoms with E-state index in [0.717, 1.165) is 42.9 Å². The van der Waals surface area contributed by atoms with Crippen molar-refractivity contribution >= 4 is 17.4 Å². The lowest BCUT2D eigenvalue weighted by Gasteiger charge is -2.29. The van der Waals surface area contributed by atoms with Gasteiger partial charge >= 0.3 is 0 Å². The zero-order chi connectivity index (χ0) is 17.6. The molecule has 0 bridgehead atoms. The van der Waals surface area contributed by atoms with Crippen LogP contribution in [0.15, 0.2) is 42.7 Å². The van der Waals surface area contributed by atoms with E-state index in [1.165, 1.54) is 12.5 Å². The van der Waals surface area contributed by atoms with E-state index in [0.29, 0.717) is 0 Å². The molecule has 0 aliphatic carbocycles. The van der Waals surface area contributed by atoms with Crippen molar-refractivity contribution in [1.29, 1.82) is 0 Å². The Labute approximate surface area is 148 Å². The topological polar surface area (TPSA) is 62.3 Å². The molecule has 1 aliphatic rings. The van der Waals surface area contributed by atoms with Gasteiger partial charge in [0.15, 0.2) is 0 Å². The molecule has 0 radical (unpaired) electrons. The van der Waals surface area contributed by atoms with Gasteiger partial charge in [-0.05, 0) is 30.0 Å². The molecule has 25 heavy (non-hydrogen) atoms. The van der Waals surface area contributed by atoms with Gasteiger partial charge in [0.05, 0.1) is 11.9 Å². The number of rotatable bonds is 6. The number of nitrogens with one attached hydrogen (secondary N) is 1. The molecule has 3 rings (SSSR count). The zero-order valence-electron chi connectivity index (χ0n) is 14.5. The highest BCUT2D eigenvalue weighted by Gasteiger charge is 2.20. The predicted molar refractivity (Wildman–Crippen MR) is 97.0 cm³/mol. The first kappa shape index (κ1) is 17.3. The van der Waals surface area contributed by atoms with Crippen molar-refractivity contribution < 1.29 is 9.59 Å². The van der Waals surface area contributed by atoms with E-state index in [2.05, 4.69) is 39.5 Å². The van der Waals surface area contributed by atoms with Crippen molar-refractivity contribution in [2.24, 2.45) is 0 Å². The summed E-state index contributed by atoms with van der Waals surface area (Å²) in [6, 6.07) is 10.4. The van der Waals surface area contributed by atoms with Crippen LogP contribution in [0.2, 0.25) is 0 Å². The summed E-state index contributed by atoms with van der Waals surface area (Å²) in [5.74, 6) is -0.1000. The third-order valence-electron chi connectivity index (χ3n) is 4.45. The van der Waals surface area contributed by atoms with Crippen LogP contribution in [0.5, 0.6) is 0 Å². The molecule has 0 saturated heterocycles. The average molecular weight is 337 g/mol. The van der Waals surface area contributed by atoms with E-state index in [9.17, 15) is 9.59 Å². The molecule has 2 heterocycles. The molecule has 0 saturated carbocycles. The van der Waals surface area contributed by atoms with Crippen LogP contribution in [0.3, 0.4) is 0 Å². The summed E-state index contributed by atoms with van der Waals surface area (Å²) in [5, 5.41) is 2.92. The zero-order valence-corrected chi connectivity index (χ0v) is 14.5.